The van der Waals surface area contributed by atoms with Crippen molar-refractivity contribution in [3.05, 3.63) is 0 Å². The van der Waals surface area contributed by atoms with Gasteiger partial charge in [0, 0.05) is 13.7 Å². The fourth-order valence-corrected chi connectivity index (χ4v) is 1.20. The van der Waals surface area contributed by atoms with Gasteiger partial charge in [0.05, 0.1) is 6.61 Å². The molecule has 0 unspecified atom stereocenters. The Morgan fingerprint density at radius 2 is 1.77 bits per heavy atom. The summed E-state index contributed by atoms with van der Waals surface area (Å²) < 4.78 is 4.94. The average Bonchev–Trinajstić information content (AvgIpc) is 2.01. The van der Waals surface area contributed by atoms with Gasteiger partial charge in [-0.3, -0.25) is 0 Å². The van der Waals surface area contributed by atoms with Gasteiger partial charge < -0.3 is 10.1 Å². The third-order valence-corrected chi connectivity index (χ3v) is 2.01. The van der Waals surface area contributed by atoms with Crippen molar-refractivity contribution in [2.24, 2.45) is 5.41 Å². The topological polar surface area (TPSA) is 21.3 Å². The minimum atomic E-state index is 0.493. The maximum absolute atomic E-state index is 4.94. The number of methoxy groups -OCH3 is 1. The van der Waals surface area contributed by atoms with Crippen LogP contribution in [0.4, 0.5) is 0 Å². The van der Waals surface area contributed by atoms with E-state index in [9.17, 15) is 0 Å². The Morgan fingerprint density at radius 1 is 1.08 bits per heavy atom. The molecular weight excluding hydrogens is 162 g/mol. The van der Waals surface area contributed by atoms with Crippen LogP contribution < -0.4 is 5.32 Å². The van der Waals surface area contributed by atoms with Crippen LogP contribution in [0.2, 0.25) is 0 Å². The van der Waals surface area contributed by atoms with E-state index in [2.05, 4.69) is 26.1 Å². The summed E-state index contributed by atoms with van der Waals surface area (Å²) >= 11 is 0. The molecule has 2 nitrogen and oxygen atoms in total. The van der Waals surface area contributed by atoms with E-state index in [1.165, 1.54) is 19.3 Å². The summed E-state index contributed by atoms with van der Waals surface area (Å²) in [6, 6.07) is 0. The fourth-order valence-electron chi connectivity index (χ4n) is 1.20. The molecule has 0 fully saturated rings. The van der Waals surface area contributed by atoms with Crippen LogP contribution in [0.5, 0.6) is 0 Å². The fraction of sp³-hybridized carbons (Fsp3) is 1.00. The van der Waals surface area contributed by atoms with Crippen LogP contribution in [-0.2, 0) is 4.74 Å². The molecule has 2 heteroatoms. The van der Waals surface area contributed by atoms with E-state index < -0.39 is 0 Å². The van der Waals surface area contributed by atoms with Crippen LogP contribution in [0.1, 0.15) is 40.0 Å². The van der Waals surface area contributed by atoms with E-state index in [0.717, 1.165) is 19.7 Å². The number of hydrogen-bond acceptors (Lipinski definition) is 2. The van der Waals surface area contributed by atoms with Gasteiger partial charge >= 0.3 is 0 Å². The zero-order chi connectivity index (χ0) is 10.2. The maximum Gasteiger partial charge on any atom is 0.0587 e. The lowest BCUT2D eigenvalue weighted by atomic mass is 9.90. The molecule has 0 rings (SSSR count). The first-order chi connectivity index (χ1) is 6.06. The highest BCUT2D eigenvalue weighted by Crippen LogP contribution is 2.20. The zero-order valence-electron chi connectivity index (χ0n) is 9.65. The highest BCUT2D eigenvalue weighted by Gasteiger charge is 2.08. The van der Waals surface area contributed by atoms with E-state index in [1.54, 1.807) is 7.11 Å². The minimum Gasteiger partial charge on any atom is -0.383 e. The summed E-state index contributed by atoms with van der Waals surface area (Å²) in [6.07, 6.45) is 3.92. The quantitative estimate of drug-likeness (QED) is 0.618. The SMILES string of the molecule is COCCNCCCCC(C)(C)C. The molecule has 0 bridgehead atoms. The van der Waals surface area contributed by atoms with Crippen molar-refractivity contribution in [3.8, 4) is 0 Å². The summed E-state index contributed by atoms with van der Waals surface area (Å²) in [5, 5.41) is 3.35. The van der Waals surface area contributed by atoms with E-state index in [-0.39, 0.29) is 0 Å². The van der Waals surface area contributed by atoms with Crippen molar-refractivity contribution in [2.45, 2.75) is 40.0 Å². The summed E-state index contributed by atoms with van der Waals surface area (Å²) in [6.45, 7) is 9.81. The van der Waals surface area contributed by atoms with Gasteiger partial charge in [-0.15, -0.1) is 0 Å². The van der Waals surface area contributed by atoms with Gasteiger partial charge in [-0.1, -0.05) is 27.2 Å². The first kappa shape index (κ1) is 12.9. The van der Waals surface area contributed by atoms with Crippen LogP contribution >= 0.6 is 0 Å². The molecule has 0 aromatic carbocycles. The maximum atomic E-state index is 4.94. The van der Waals surface area contributed by atoms with Crippen LogP contribution in [0.15, 0.2) is 0 Å². The standard InChI is InChI=1S/C11H25NO/c1-11(2,3)7-5-6-8-12-9-10-13-4/h12H,5-10H2,1-4H3. The second-order valence-electron chi connectivity index (χ2n) is 4.76. The molecule has 0 radical (unpaired) electrons. The molecule has 1 N–H and O–H groups in total. The molecular formula is C11H25NO. The third kappa shape index (κ3) is 11.9. The predicted molar refractivity (Wildman–Crippen MR) is 58.1 cm³/mol. The predicted octanol–water partition coefficient (Wildman–Crippen LogP) is 2.44. The Kier molecular flexibility index (Phi) is 7.29. The van der Waals surface area contributed by atoms with E-state index in [0.29, 0.717) is 5.41 Å². The van der Waals surface area contributed by atoms with Gasteiger partial charge in [0.25, 0.3) is 0 Å². The number of hydrogen-bond donors (Lipinski definition) is 1. The van der Waals surface area contributed by atoms with Crippen molar-refractivity contribution in [3.63, 3.8) is 0 Å². The van der Waals surface area contributed by atoms with Crippen molar-refractivity contribution in [1.29, 1.82) is 0 Å². The molecule has 80 valence electrons. The third-order valence-electron chi connectivity index (χ3n) is 2.01. The Balaban J connectivity index is 3.00. The average molecular weight is 187 g/mol. The van der Waals surface area contributed by atoms with Gasteiger partial charge in [-0.25, -0.2) is 0 Å². The molecule has 13 heavy (non-hydrogen) atoms. The second kappa shape index (κ2) is 7.34. The molecule has 0 aromatic heterocycles. The molecule has 0 aliphatic heterocycles. The van der Waals surface area contributed by atoms with Gasteiger partial charge in [0.2, 0.25) is 0 Å². The molecule has 0 saturated carbocycles. The lowest BCUT2D eigenvalue weighted by Gasteiger charge is -2.17. The first-order valence-electron chi connectivity index (χ1n) is 5.26. The van der Waals surface area contributed by atoms with E-state index >= 15 is 0 Å². The van der Waals surface area contributed by atoms with Crippen molar-refractivity contribution < 1.29 is 4.74 Å². The molecule has 0 amide bonds. The number of nitrogens with one attached hydrogen (secondary N) is 1. The van der Waals surface area contributed by atoms with Crippen molar-refractivity contribution >= 4 is 0 Å². The summed E-state index contributed by atoms with van der Waals surface area (Å²) in [7, 11) is 1.74. The lowest BCUT2D eigenvalue weighted by molar-refractivity contribution is 0.199. The smallest absolute Gasteiger partial charge is 0.0587 e. The lowest BCUT2D eigenvalue weighted by Crippen LogP contribution is -2.20. The molecule has 0 aliphatic carbocycles. The second-order valence-corrected chi connectivity index (χ2v) is 4.76. The molecule has 0 heterocycles. The Labute approximate surface area is 83.1 Å². The monoisotopic (exact) mass is 187 g/mol. The Morgan fingerprint density at radius 3 is 2.31 bits per heavy atom. The molecule has 0 saturated heterocycles. The summed E-state index contributed by atoms with van der Waals surface area (Å²) in [5.74, 6) is 0. The summed E-state index contributed by atoms with van der Waals surface area (Å²) in [5.41, 5.74) is 0.493. The van der Waals surface area contributed by atoms with Crippen LogP contribution in [0.3, 0.4) is 0 Å². The molecule has 0 aromatic rings. The van der Waals surface area contributed by atoms with Crippen LogP contribution in [0, 0.1) is 5.41 Å². The highest BCUT2D eigenvalue weighted by molar-refractivity contribution is 4.61. The van der Waals surface area contributed by atoms with Gasteiger partial charge in [-0.05, 0) is 24.8 Å². The summed E-state index contributed by atoms with van der Waals surface area (Å²) in [4.78, 5) is 0. The minimum absolute atomic E-state index is 0.493. The number of rotatable bonds is 7. The van der Waals surface area contributed by atoms with E-state index in [1.807, 2.05) is 0 Å². The van der Waals surface area contributed by atoms with Crippen LogP contribution in [-0.4, -0.2) is 26.8 Å². The largest absolute Gasteiger partial charge is 0.383 e. The molecule has 0 aliphatic rings. The highest BCUT2D eigenvalue weighted by atomic mass is 16.5. The zero-order valence-corrected chi connectivity index (χ0v) is 9.65. The van der Waals surface area contributed by atoms with Gasteiger partial charge in [0.15, 0.2) is 0 Å². The van der Waals surface area contributed by atoms with Gasteiger partial charge in [0.1, 0.15) is 0 Å². The van der Waals surface area contributed by atoms with E-state index in [4.69, 9.17) is 4.74 Å². The Hall–Kier alpha value is -0.0800. The van der Waals surface area contributed by atoms with Crippen LogP contribution in [0.25, 0.3) is 0 Å². The first-order valence-corrected chi connectivity index (χ1v) is 5.26. The normalized spacial score (nSPS) is 12.0. The van der Waals surface area contributed by atoms with Gasteiger partial charge in [-0.2, -0.15) is 0 Å². The molecule has 0 spiro atoms. The van der Waals surface area contributed by atoms with Crippen molar-refractivity contribution in [1.82, 2.24) is 5.32 Å². The number of unbranched alkanes of at least 4 members (excludes halogenated alkanes) is 1. The van der Waals surface area contributed by atoms with Crippen molar-refractivity contribution in [2.75, 3.05) is 26.8 Å². The number of ether oxygens (including phenoxy) is 1. The molecule has 0 atom stereocenters. The Bertz CT molecular complexity index is 107.